The third-order valence-electron chi connectivity index (χ3n) is 4.16. The van der Waals surface area contributed by atoms with E-state index in [4.69, 9.17) is 11.6 Å². The van der Waals surface area contributed by atoms with E-state index in [9.17, 15) is 18.0 Å². The fraction of sp³-hybridized carbons (Fsp3) is 0.625. The number of nitrogens with one attached hydrogen (secondary N) is 2. The van der Waals surface area contributed by atoms with Crippen LogP contribution < -0.4 is 10.6 Å². The van der Waals surface area contributed by atoms with Crippen molar-refractivity contribution in [1.29, 1.82) is 0 Å². The van der Waals surface area contributed by atoms with Crippen molar-refractivity contribution < 1.29 is 18.0 Å². The summed E-state index contributed by atoms with van der Waals surface area (Å²) in [5.74, 6) is 0.632. The third-order valence-corrected chi connectivity index (χ3v) is 4.45. The summed E-state index contributed by atoms with van der Waals surface area (Å²) in [6.45, 7) is 2.63. The fourth-order valence-electron chi connectivity index (χ4n) is 2.92. The van der Waals surface area contributed by atoms with Crippen LogP contribution in [0.4, 0.5) is 19.0 Å². The number of carbonyl (C=O) groups is 1. The van der Waals surface area contributed by atoms with E-state index in [-0.39, 0.29) is 29.7 Å². The molecule has 1 aromatic heterocycles. The van der Waals surface area contributed by atoms with Gasteiger partial charge in [-0.1, -0.05) is 11.6 Å². The van der Waals surface area contributed by atoms with Gasteiger partial charge >= 0.3 is 6.18 Å². The summed E-state index contributed by atoms with van der Waals surface area (Å²) in [6.07, 6.45) is -1.43. The van der Waals surface area contributed by atoms with Gasteiger partial charge in [0.15, 0.2) is 0 Å². The van der Waals surface area contributed by atoms with Gasteiger partial charge in [0.25, 0.3) is 0 Å². The van der Waals surface area contributed by atoms with Crippen molar-refractivity contribution in [3.63, 3.8) is 0 Å². The molecule has 1 aliphatic heterocycles. The molecule has 0 aliphatic carbocycles. The van der Waals surface area contributed by atoms with Crippen molar-refractivity contribution in [2.75, 3.05) is 38.5 Å². The van der Waals surface area contributed by atoms with E-state index >= 15 is 0 Å². The van der Waals surface area contributed by atoms with Crippen LogP contribution in [0.3, 0.4) is 0 Å². The maximum atomic E-state index is 12.6. The number of amides is 1. The number of hydrogen-bond acceptors (Lipinski definition) is 4. The van der Waals surface area contributed by atoms with Gasteiger partial charge in [-0.2, -0.15) is 13.2 Å². The molecule has 0 saturated carbocycles. The Morgan fingerprint density at radius 2 is 2.24 bits per heavy atom. The van der Waals surface area contributed by atoms with E-state index in [1.807, 2.05) is 11.9 Å². The van der Waals surface area contributed by atoms with Gasteiger partial charge < -0.3 is 15.5 Å². The topological polar surface area (TPSA) is 57.3 Å². The molecular formula is C16H22ClF3N4O. The lowest BCUT2D eigenvalue weighted by atomic mass is 9.98. The first-order valence-electron chi connectivity index (χ1n) is 8.20. The Morgan fingerprint density at radius 3 is 2.88 bits per heavy atom. The van der Waals surface area contributed by atoms with Gasteiger partial charge in [-0.25, -0.2) is 4.98 Å². The van der Waals surface area contributed by atoms with E-state index in [1.54, 1.807) is 0 Å². The monoisotopic (exact) mass is 378 g/mol. The van der Waals surface area contributed by atoms with E-state index in [2.05, 4.69) is 15.6 Å². The standard InChI is InChI=1S/C16H22ClF3N4O/c1-21-8-11-3-2-6-24(10-11)14(25)4-5-22-15-13(17)7-12(9-23-15)16(18,19)20/h7,9,11,21H,2-6,8,10H2,1H3,(H,22,23). The average Bonchev–Trinajstić information content (AvgIpc) is 2.56. The molecule has 5 nitrogen and oxygen atoms in total. The maximum absolute atomic E-state index is 12.6. The highest BCUT2D eigenvalue weighted by Crippen LogP contribution is 2.32. The number of aromatic nitrogens is 1. The van der Waals surface area contributed by atoms with Crippen molar-refractivity contribution in [3.8, 4) is 0 Å². The summed E-state index contributed by atoms with van der Waals surface area (Å²) >= 11 is 5.83. The van der Waals surface area contributed by atoms with E-state index in [0.717, 1.165) is 44.7 Å². The lowest BCUT2D eigenvalue weighted by Gasteiger charge is -2.32. The zero-order chi connectivity index (χ0) is 18.4. The van der Waals surface area contributed by atoms with Gasteiger partial charge in [-0.05, 0) is 38.4 Å². The molecule has 25 heavy (non-hydrogen) atoms. The van der Waals surface area contributed by atoms with Crippen LogP contribution in [-0.2, 0) is 11.0 Å². The minimum atomic E-state index is -4.48. The van der Waals surface area contributed by atoms with Gasteiger partial charge in [0.1, 0.15) is 5.82 Å². The molecule has 1 aromatic rings. The second-order valence-corrected chi connectivity index (χ2v) is 6.54. The SMILES string of the molecule is CNCC1CCCN(C(=O)CCNc2ncc(C(F)(F)F)cc2Cl)C1. The Labute approximate surface area is 149 Å². The number of piperidine rings is 1. The van der Waals surface area contributed by atoms with E-state index in [0.29, 0.717) is 5.92 Å². The van der Waals surface area contributed by atoms with Crippen LogP contribution in [0.1, 0.15) is 24.8 Å². The van der Waals surface area contributed by atoms with E-state index in [1.165, 1.54) is 0 Å². The first-order chi connectivity index (χ1) is 11.8. The van der Waals surface area contributed by atoms with Gasteiger partial charge in [0, 0.05) is 32.3 Å². The molecule has 1 saturated heterocycles. The lowest BCUT2D eigenvalue weighted by molar-refractivity contribution is -0.137. The Morgan fingerprint density at radius 1 is 1.48 bits per heavy atom. The van der Waals surface area contributed by atoms with Crippen LogP contribution in [0.25, 0.3) is 0 Å². The smallest absolute Gasteiger partial charge is 0.368 e. The summed E-state index contributed by atoms with van der Waals surface area (Å²) in [4.78, 5) is 17.8. The Kier molecular flexibility index (Phi) is 6.89. The van der Waals surface area contributed by atoms with Crippen molar-refractivity contribution in [2.45, 2.75) is 25.4 Å². The fourth-order valence-corrected chi connectivity index (χ4v) is 3.15. The zero-order valence-electron chi connectivity index (χ0n) is 14.0. The van der Waals surface area contributed by atoms with Crippen molar-refractivity contribution in [3.05, 3.63) is 22.8 Å². The predicted octanol–water partition coefficient (Wildman–Crippen LogP) is 3.01. The van der Waals surface area contributed by atoms with Gasteiger partial charge in [0.05, 0.1) is 10.6 Å². The molecule has 1 unspecified atom stereocenters. The van der Waals surface area contributed by atoms with Crippen LogP contribution in [0.2, 0.25) is 5.02 Å². The molecule has 140 valence electrons. The summed E-state index contributed by atoms with van der Waals surface area (Å²) in [7, 11) is 1.89. The van der Waals surface area contributed by atoms with Crippen LogP contribution in [0, 0.1) is 5.92 Å². The molecular weight excluding hydrogens is 357 g/mol. The van der Waals surface area contributed by atoms with E-state index < -0.39 is 11.7 Å². The molecule has 2 rings (SSSR count). The first kappa shape index (κ1) is 19.8. The average molecular weight is 379 g/mol. The van der Waals surface area contributed by atoms with Crippen LogP contribution in [-0.4, -0.2) is 49.0 Å². The Hall–Kier alpha value is -1.54. The minimum Gasteiger partial charge on any atom is -0.368 e. The molecule has 1 fully saturated rings. The largest absolute Gasteiger partial charge is 0.417 e. The first-order valence-corrected chi connectivity index (χ1v) is 8.58. The van der Waals surface area contributed by atoms with Gasteiger partial charge in [0.2, 0.25) is 5.91 Å². The highest BCUT2D eigenvalue weighted by molar-refractivity contribution is 6.32. The molecule has 0 radical (unpaired) electrons. The molecule has 1 aliphatic rings. The number of hydrogen-bond donors (Lipinski definition) is 2. The normalized spacial score (nSPS) is 18.3. The molecule has 2 N–H and O–H groups in total. The Bertz CT molecular complexity index is 595. The highest BCUT2D eigenvalue weighted by Gasteiger charge is 2.31. The van der Waals surface area contributed by atoms with Crippen molar-refractivity contribution in [1.82, 2.24) is 15.2 Å². The second kappa shape index (κ2) is 8.71. The number of nitrogens with zero attached hydrogens (tertiary/aromatic N) is 2. The maximum Gasteiger partial charge on any atom is 0.417 e. The van der Waals surface area contributed by atoms with Crippen LogP contribution in [0.5, 0.6) is 0 Å². The predicted molar refractivity (Wildman–Crippen MR) is 90.6 cm³/mol. The summed E-state index contributed by atoms with van der Waals surface area (Å²) < 4.78 is 37.7. The molecule has 2 heterocycles. The van der Waals surface area contributed by atoms with Crippen molar-refractivity contribution >= 4 is 23.3 Å². The highest BCUT2D eigenvalue weighted by atomic mass is 35.5. The Balaban J connectivity index is 1.83. The number of halogens is 4. The summed E-state index contributed by atoms with van der Waals surface area (Å²) in [5.41, 5.74) is -0.900. The number of pyridine rings is 1. The quantitative estimate of drug-likeness (QED) is 0.799. The molecule has 0 spiro atoms. The number of rotatable bonds is 6. The number of alkyl halides is 3. The molecule has 0 aromatic carbocycles. The summed E-state index contributed by atoms with van der Waals surface area (Å²) in [6, 6.07) is 0.825. The van der Waals surface area contributed by atoms with Crippen molar-refractivity contribution in [2.24, 2.45) is 5.92 Å². The summed E-state index contributed by atoms with van der Waals surface area (Å²) in [5, 5.41) is 5.84. The molecule has 1 amide bonds. The number of carbonyl (C=O) groups excluding carboxylic acids is 1. The number of likely N-dealkylation sites (tertiary alicyclic amines) is 1. The molecule has 1 atom stereocenters. The third kappa shape index (κ3) is 5.74. The lowest BCUT2D eigenvalue weighted by Crippen LogP contribution is -2.42. The number of anilines is 1. The molecule has 9 heteroatoms. The van der Waals surface area contributed by atoms with Gasteiger partial charge in [-0.15, -0.1) is 0 Å². The van der Waals surface area contributed by atoms with Gasteiger partial charge in [-0.3, -0.25) is 4.79 Å². The van der Waals surface area contributed by atoms with Crippen LogP contribution >= 0.6 is 11.6 Å². The molecule has 0 bridgehead atoms. The van der Waals surface area contributed by atoms with Crippen LogP contribution in [0.15, 0.2) is 12.3 Å². The minimum absolute atomic E-state index is 0.0244. The second-order valence-electron chi connectivity index (χ2n) is 6.13. The zero-order valence-corrected chi connectivity index (χ0v) is 14.8.